The molecule has 1 atom stereocenters. The molecule has 0 aliphatic carbocycles. The molecule has 7 heteroatoms. The summed E-state index contributed by atoms with van der Waals surface area (Å²) in [4.78, 5) is 25.6. The highest BCUT2D eigenvalue weighted by Gasteiger charge is 2.29. The van der Waals surface area contributed by atoms with Gasteiger partial charge in [-0.25, -0.2) is 9.97 Å². The van der Waals surface area contributed by atoms with Gasteiger partial charge in [-0.15, -0.1) is 0 Å². The van der Waals surface area contributed by atoms with Crippen LogP contribution < -0.4 is 4.74 Å². The van der Waals surface area contributed by atoms with Crippen LogP contribution in [0.5, 0.6) is 6.01 Å². The van der Waals surface area contributed by atoms with Crippen LogP contribution in [-0.4, -0.2) is 45.0 Å². The molecule has 3 heterocycles. The Hall–Kier alpha value is -2.60. The molecule has 24 heavy (non-hydrogen) atoms. The summed E-state index contributed by atoms with van der Waals surface area (Å²) in [6, 6.07) is 7.92. The molecule has 4 rings (SSSR count). The molecule has 1 N–H and O–H groups in total. The Labute approximate surface area is 143 Å². The Morgan fingerprint density at radius 1 is 1.29 bits per heavy atom. The van der Waals surface area contributed by atoms with Crippen LogP contribution in [-0.2, 0) is 0 Å². The van der Waals surface area contributed by atoms with Gasteiger partial charge in [0.25, 0.3) is 5.91 Å². The molecule has 1 saturated heterocycles. The summed E-state index contributed by atoms with van der Waals surface area (Å²) in [5.41, 5.74) is 1.71. The maximum Gasteiger partial charge on any atom is 0.316 e. The van der Waals surface area contributed by atoms with E-state index in [0.717, 1.165) is 17.3 Å². The fourth-order valence-corrected chi connectivity index (χ4v) is 2.99. The van der Waals surface area contributed by atoms with E-state index < -0.39 is 0 Å². The van der Waals surface area contributed by atoms with Gasteiger partial charge in [0, 0.05) is 35.6 Å². The monoisotopic (exact) mass is 342 g/mol. The lowest BCUT2D eigenvalue weighted by Crippen LogP contribution is -2.31. The first kappa shape index (κ1) is 15.0. The van der Waals surface area contributed by atoms with E-state index >= 15 is 0 Å². The van der Waals surface area contributed by atoms with Gasteiger partial charge in [0.2, 0.25) is 0 Å². The van der Waals surface area contributed by atoms with Crippen molar-refractivity contribution < 1.29 is 9.53 Å². The van der Waals surface area contributed by atoms with Gasteiger partial charge in [-0.1, -0.05) is 11.6 Å². The number of ether oxygens (including phenoxy) is 1. The number of carbonyl (C=O) groups is 1. The number of likely N-dealkylation sites (tertiary alicyclic amines) is 1. The summed E-state index contributed by atoms with van der Waals surface area (Å²) < 4.78 is 5.72. The van der Waals surface area contributed by atoms with E-state index in [-0.39, 0.29) is 18.0 Å². The Morgan fingerprint density at radius 2 is 2.12 bits per heavy atom. The number of rotatable bonds is 3. The maximum absolute atomic E-state index is 12.7. The summed E-state index contributed by atoms with van der Waals surface area (Å²) in [5, 5.41) is 1.49. The number of aromatic amines is 1. The first-order chi connectivity index (χ1) is 11.7. The third-order valence-electron chi connectivity index (χ3n) is 4.10. The molecule has 0 unspecified atom stereocenters. The van der Waals surface area contributed by atoms with Gasteiger partial charge in [-0.3, -0.25) is 4.79 Å². The fourth-order valence-electron chi connectivity index (χ4n) is 2.89. The third kappa shape index (κ3) is 2.92. The second kappa shape index (κ2) is 6.13. The van der Waals surface area contributed by atoms with Crippen LogP contribution in [0.15, 0.2) is 42.9 Å². The van der Waals surface area contributed by atoms with Gasteiger partial charge in [-0.2, -0.15) is 0 Å². The zero-order valence-corrected chi connectivity index (χ0v) is 13.5. The normalized spacial score (nSPS) is 17.4. The lowest BCUT2D eigenvalue weighted by molar-refractivity contribution is 0.0770. The van der Waals surface area contributed by atoms with Crippen LogP contribution in [0, 0.1) is 0 Å². The standard InChI is InChI=1S/C17H15ClN4O2/c18-13-8-20-17(21-9-13)24-14-4-6-22(10-14)16(23)12-1-2-15-11(7-12)3-5-19-15/h1-3,5,7-9,14,19H,4,6,10H2/t14-/m1/s1. The average Bonchev–Trinajstić information content (AvgIpc) is 3.24. The molecule has 2 aromatic heterocycles. The Morgan fingerprint density at radius 3 is 2.96 bits per heavy atom. The van der Waals surface area contributed by atoms with Crippen molar-refractivity contribution in [2.45, 2.75) is 12.5 Å². The first-order valence-corrected chi connectivity index (χ1v) is 8.07. The Balaban J connectivity index is 1.43. The number of amides is 1. The van der Waals surface area contributed by atoms with Gasteiger partial charge in [0.15, 0.2) is 0 Å². The molecular formula is C17H15ClN4O2. The minimum absolute atomic E-state index is 0.0150. The van der Waals surface area contributed by atoms with Crippen molar-refractivity contribution in [2.75, 3.05) is 13.1 Å². The average molecular weight is 343 g/mol. The summed E-state index contributed by atoms with van der Waals surface area (Å²) in [6.45, 7) is 1.18. The van der Waals surface area contributed by atoms with E-state index in [1.807, 2.05) is 30.5 Å². The number of aromatic nitrogens is 3. The molecular weight excluding hydrogens is 328 g/mol. The highest BCUT2D eigenvalue weighted by atomic mass is 35.5. The molecule has 1 aliphatic rings. The Kier molecular flexibility index (Phi) is 3.82. The van der Waals surface area contributed by atoms with Crippen LogP contribution in [0.25, 0.3) is 10.9 Å². The van der Waals surface area contributed by atoms with Crippen molar-refractivity contribution in [2.24, 2.45) is 0 Å². The molecule has 0 spiro atoms. The molecule has 3 aromatic rings. The number of nitrogens with zero attached hydrogens (tertiary/aromatic N) is 3. The van der Waals surface area contributed by atoms with Crippen molar-refractivity contribution in [3.8, 4) is 6.01 Å². The number of hydrogen-bond acceptors (Lipinski definition) is 4. The number of benzene rings is 1. The number of halogens is 1. The van der Waals surface area contributed by atoms with Crippen molar-refractivity contribution in [3.63, 3.8) is 0 Å². The van der Waals surface area contributed by atoms with Crippen LogP contribution >= 0.6 is 11.6 Å². The van der Waals surface area contributed by atoms with E-state index in [4.69, 9.17) is 16.3 Å². The Bertz CT molecular complexity index is 878. The SMILES string of the molecule is O=C(c1ccc2[nH]ccc2c1)N1CC[C@@H](Oc2ncc(Cl)cn2)C1. The topological polar surface area (TPSA) is 71.1 Å². The molecule has 1 aliphatic heterocycles. The summed E-state index contributed by atoms with van der Waals surface area (Å²) in [7, 11) is 0. The largest absolute Gasteiger partial charge is 0.458 e. The molecule has 0 radical (unpaired) electrons. The first-order valence-electron chi connectivity index (χ1n) is 7.70. The van der Waals surface area contributed by atoms with Gasteiger partial charge in [-0.05, 0) is 24.3 Å². The highest BCUT2D eigenvalue weighted by molar-refractivity contribution is 6.30. The quantitative estimate of drug-likeness (QED) is 0.794. The summed E-state index contributed by atoms with van der Waals surface area (Å²) in [6.07, 6.45) is 5.50. The predicted molar refractivity (Wildman–Crippen MR) is 90.3 cm³/mol. The number of carbonyl (C=O) groups excluding carboxylic acids is 1. The van der Waals surface area contributed by atoms with E-state index in [2.05, 4.69) is 15.0 Å². The number of nitrogens with one attached hydrogen (secondary N) is 1. The van der Waals surface area contributed by atoms with Gasteiger partial charge >= 0.3 is 6.01 Å². The van der Waals surface area contributed by atoms with Crippen LogP contribution in [0.4, 0.5) is 0 Å². The van der Waals surface area contributed by atoms with Crippen LogP contribution in [0.2, 0.25) is 5.02 Å². The second-order valence-corrected chi connectivity index (χ2v) is 6.18. The number of hydrogen-bond donors (Lipinski definition) is 1. The maximum atomic E-state index is 12.7. The third-order valence-corrected chi connectivity index (χ3v) is 4.30. The molecule has 0 saturated carbocycles. The molecule has 0 bridgehead atoms. The molecule has 1 fully saturated rings. The smallest absolute Gasteiger partial charge is 0.316 e. The summed E-state index contributed by atoms with van der Waals surface area (Å²) >= 11 is 5.76. The lowest BCUT2D eigenvalue weighted by Gasteiger charge is -2.16. The van der Waals surface area contributed by atoms with Gasteiger partial charge < -0.3 is 14.6 Å². The van der Waals surface area contributed by atoms with E-state index in [1.165, 1.54) is 12.4 Å². The highest BCUT2D eigenvalue weighted by Crippen LogP contribution is 2.20. The second-order valence-electron chi connectivity index (χ2n) is 5.74. The fraction of sp³-hybridized carbons (Fsp3) is 0.235. The molecule has 6 nitrogen and oxygen atoms in total. The van der Waals surface area contributed by atoms with Gasteiger partial charge in [0.05, 0.1) is 24.0 Å². The number of fused-ring (bicyclic) bond motifs is 1. The van der Waals surface area contributed by atoms with Crippen LogP contribution in [0.1, 0.15) is 16.8 Å². The minimum atomic E-state index is -0.105. The van der Waals surface area contributed by atoms with Crippen LogP contribution in [0.3, 0.4) is 0 Å². The predicted octanol–water partition coefficient (Wildman–Crippen LogP) is 2.90. The van der Waals surface area contributed by atoms with Crippen molar-refractivity contribution >= 4 is 28.4 Å². The lowest BCUT2D eigenvalue weighted by atomic mass is 10.1. The van der Waals surface area contributed by atoms with Crippen molar-refractivity contribution in [3.05, 3.63) is 53.4 Å². The van der Waals surface area contributed by atoms with E-state index in [1.54, 1.807) is 4.90 Å². The molecule has 122 valence electrons. The molecule has 1 aromatic carbocycles. The number of H-pyrrole nitrogens is 1. The van der Waals surface area contributed by atoms with E-state index in [9.17, 15) is 4.79 Å². The van der Waals surface area contributed by atoms with Crippen molar-refractivity contribution in [1.29, 1.82) is 0 Å². The summed E-state index contributed by atoms with van der Waals surface area (Å²) in [5.74, 6) is 0.0150. The zero-order valence-electron chi connectivity index (χ0n) is 12.8. The van der Waals surface area contributed by atoms with Crippen molar-refractivity contribution in [1.82, 2.24) is 19.9 Å². The minimum Gasteiger partial charge on any atom is -0.458 e. The van der Waals surface area contributed by atoms with E-state index in [0.29, 0.717) is 23.7 Å². The van der Waals surface area contributed by atoms with Gasteiger partial charge in [0.1, 0.15) is 6.10 Å². The molecule has 1 amide bonds. The zero-order chi connectivity index (χ0) is 16.5.